The van der Waals surface area contributed by atoms with E-state index < -0.39 is 5.97 Å². The molecule has 3 aromatic rings. The van der Waals surface area contributed by atoms with Crippen LogP contribution in [0.1, 0.15) is 15.9 Å². The smallest absolute Gasteiger partial charge is 0.340 e. The highest BCUT2D eigenvalue weighted by Gasteiger charge is 2.16. The predicted molar refractivity (Wildman–Crippen MR) is 109 cm³/mol. The molecule has 1 heterocycles. The number of carbonyl (C=O) groups excluding carboxylic acids is 2. The highest BCUT2D eigenvalue weighted by Crippen LogP contribution is 2.27. The van der Waals surface area contributed by atoms with Gasteiger partial charge in [-0.05, 0) is 30.2 Å². The lowest BCUT2D eigenvalue weighted by atomic mass is 10.1. The van der Waals surface area contributed by atoms with Gasteiger partial charge >= 0.3 is 5.97 Å². The van der Waals surface area contributed by atoms with Gasteiger partial charge in [0.05, 0.1) is 19.8 Å². The van der Waals surface area contributed by atoms with Crippen molar-refractivity contribution in [3.05, 3.63) is 59.8 Å². The van der Waals surface area contributed by atoms with Crippen molar-refractivity contribution in [1.82, 2.24) is 9.88 Å². The van der Waals surface area contributed by atoms with Crippen molar-refractivity contribution < 1.29 is 23.8 Å². The molecule has 1 amide bonds. The number of amides is 1. The molecule has 1 aromatic heterocycles. The molecular weight excluding hydrogens is 372 g/mol. The minimum atomic E-state index is -0.517. The van der Waals surface area contributed by atoms with Crippen LogP contribution in [0.5, 0.6) is 11.5 Å². The number of aromatic nitrogens is 1. The molecular formula is C22H24N2O5. The Balaban J connectivity index is 1.49. The van der Waals surface area contributed by atoms with Crippen LogP contribution in [0.4, 0.5) is 0 Å². The molecule has 0 aliphatic carbocycles. The van der Waals surface area contributed by atoms with E-state index in [0.29, 0.717) is 30.0 Å². The standard InChI is InChI=1S/C22H24N2O5/c1-24-13-17(16-6-4-5-7-18(16)24)22(26)29-14-21(25)23-11-10-15-8-9-19(27-2)20(12-15)28-3/h4-9,12-13H,10-11,14H2,1-3H3,(H,23,25). The molecule has 0 spiro atoms. The van der Waals surface area contributed by atoms with Crippen molar-refractivity contribution in [3.63, 3.8) is 0 Å². The maximum absolute atomic E-state index is 12.4. The molecule has 7 nitrogen and oxygen atoms in total. The van der Waals surface area contributed by atoms with Crippen molar-refractivity contribution in [1.29, 1.82) is 0 Å². The summed E-state index contributed by atoms with van der Waals surface area (Å²) in [6.45, 7) is 0.0914. The lowest BCUT2D eigenvalue weighted by molar-refractivity contribution is -0.124. The van der Waals surface area contributed by atoms with Crippen LogP contribution in [-0.4, -0.2) is 43.8 Å². The van der Waals surface area contributed by atoms with Gasteiger partial charge in [-0.25, -0.2) is 4.79 Å². The SMILES string of the molecule is COc1ccc(CCNC(=O)COC(=O)c2cn(C)c3ccccc23)cc1OC. The molecule has 0 radical (unpaired) electrons. The topological polar surface area (TPSA) is 78.8 Å². The molecule has 0 fully saturated rings. The number of rotatable bonds is 8. The average Bonchev–Trinajstić information content (AvgIpc) is 3.09. The molecule has 0 bridgehead atoms. The van der Waals surface area contributed by atoms with E-state index in [4.69, 9.17) is 14.2 Å². The summed E-state index contributed by atoms with van der Waals surface area (Å²) in [4.78, 5) is 24.4. The van der Waals surface area contributed by atoms with Crippen molar-refractivity contribution in [3.8, 4) is 11.5 Å². The fraction of sp³-hybridized carbons (Fsp3) is 0.273. The fourth-order valence-electron chi connectivity index (χ4n) is 3.15. The van der Waals surface area contributed by atoms with Crippen LogP contribution >= 0.6 is 0 Å². The van der Waals surface area contributed by atoms with Crippen LogP contribution in [0.15, 0.2) is 48.7 Å². The van der Waals surface area contributed by atoms with E-state index in [1.54, 1.807) is 20.4 Å². The zero-order valence-electron chi connectivity index (χ0n) is 16.7. The summed E-state index contributed by atoms with van der Waals surface area (Å²) in [5.74, 6) is 0.428. The van der Waals surface area contributed by atoms with Crippen molar-refractivity contribution in [2.75, 3.05) is 27.4 Å². The normalized spacial score (nSPS) is 10.6. The number of carbonyl (C=O) groups is 2. The van der Waals surface area contributed by atoms with Crippen LogP contribution < -0.4 is 14.8 Å². The lowest BCUT2D eigenvalue weighted by Gasteiger charge is -2.10. The van der Waals surface area contributed by atoms with Gasteiger partial charge in [0.15, 0.2) is 18.1 Å². The van der Waals surface area contributed by atoms with Crippen LogP contribution in [-0.2, 0) is 23.0 Å². The maximum Gasteiger partial charge on any atom is 0.340 e. The van der Waals surface area contributed by atoms with Gasteiger partial charge in [0.2, 0.25) is 0 Å². The molecule has 152 valence electrons. The molecule has 0 saturated heterocycles. The molecule has 0 atom stereocenters. The predicted octanol–water partition coefficient (Wildman–Crippen LogP) is 2.71. The number of aryl methyl sites for hydroxylation is 1. The van der Waals surface area contributed by atoms with Gasteiger partial charge in [-0.1, -0.05) is 24.3 Å². The summed E-state index contributed by atoms with van der Waals surface area (Å²) >= 11 is 0. The summed E-state index contributed by atoms with van der Waals surface area (Å²) in [6.07, 6.45) is 2.32. The summed E-state index contributed by atoms with van der Waals surface area (Å²) < 4.78 is 17.5. The molecule has 29 heavy (non-hydrogen) atoms. The van der Waals surface area contributed by atoms with Crippen LogP contribution in [0.2, 0.25) is 0 Å². The first-order valence-electron chi connectivity index (χ1n) is 9.22. The fourth-order valence-corrected chi connectivity index (χ4v) is 3.15. The first-order chi connectivity index (χ1) is 14.0. The molecule has 0 aliphatic rings. The highest BCUT2D eigenvalue weighted by atomic mass is 16.5. The first kappa shape index (κ1) is 20.3. The van der Waals surface area contributed by atoms with Crippen LogP contribution in [0.3, 0.4) is 0 Å². The number of hydrogen-bond acceptors (Lipinski definition) is 5. The number of fused-ring (bicyclic) bond motifs is 1. The molecule has 1 N–H and O–H groups in total. The Hall–Kier alpha value is -3.48. The number of ether oxygens (including phenoxy) is 3. The average molecular weight is 396 g/mol. The molecule has 0 unspecified atom stereocenters. The van der Waals surface area contributed by atoms with Gasteiger partial charge in [-0.15, -0.1) is 0 Å². The maximum atomic E-state index is 12.4. The zero-order chi connectivity index (χ0) is 20.8. The third-order valence-electron chi connectivity index (χ3n) is 4.64. The van der Waals surface area contributed by atoms with Crippen molar-refractivity contribution in [2.45, 2.75) is 6.42 Å². The Bertz CT molecular complexity index is 1030. The van der Waals surface area contributed by atoms with E-state index in [1.165, 1.54) is 0 Å². The van der Waals surface area contributed by atoms with Crippen LogP contribution in [0.25, 0.3) is 10.9 Å². The number of esters is 1. The van der Waals surface area contributed by atoms with E-state index in [1.807, 2.05) is 54.1 Å². The Morgan fingerprint density at radius 1 is 1.03 bits per heavy atom. The highest BCUT2D eigenvalue weighted by molar-refractivity contribution is 6.04. The number of para-hydroxylation sites is 1. The van der Waals surface area contributed by atoms with E-state index in [2.05, 4.69) is 5.32 Å². The van der Waals surface area contributed by atoms with Crippen molar-refractivity contribution in [2.24, 2.45) is 7.05 Å². The summed E-state index contributed by atoms with van der Waals surface area (Å²) in [7, 11) is 5.02. The Labute approximate surface area is 169 Å². The van der Waals surface area contributed by atoms with Gasteiger partial charge < -0.3 is 24.1 Å². The minimum absolute atomic E-state index is 0.325. The van der Waals surface area contributed by atoms with Gasteiger partial charge in [-0.2, -0.15) is 0 Å². The van der Waals surface area contributed by atoms with Gasteiger partial charge in [0.1, 0.15) is 0 Å². The van der Waals surface area contributed by atoms with E-state index in [9.17, 15) is 9.59 Å². The van der Waals surface area contributed by atoms with E-state index in [0.717, 1.165) is 16.5 Å². The third-order valence-corrected chi connectivity index (χ3v) is 4.64. The second-order valence-corrected chi connectivity index (χ2v) is 6.54. The van der Waals surface area contributed by atoms with Gasteiger partial charge in [-0.3, -0.25) is 4.79 Å². The molecule has 0 aliphatic heterocycles. The third kappa shape index (κ3) is 4.68. The Morgan fingerprint density at radius 2 is 1.79 bits per heavy atom. The second-order valence-electron chi connectivity index (χ2n) is 6.54. The number of hydrogen-bond donors (Lipinski definition) is 1. The summed E-state index contributed by atoms with van der Waals surface area (Å²) in [5.41, 5.74) is 2.37. The van der Waals surface area contributed by atoms with Gasteiger partial charge in [0.25, 0.3) is 5.91 Å². The summed E-state index contributed by atoms with van der Waals surface area (Å²) in [5, 5.41) is 3.55. The quantitative estimate of drug-likeness (QED) is 0.593. The first-order valence-corrected chi connectivity index (χ1v) is 9.22. The second kappa shape index (κ2) is 9.14. The van der Waals surface area contributed by atoms with E-state index >= 15 is 0 Å². The number of nitrogens with zero attached hydrogens (tertiary/aromatic N) is 1. The largest absolute Gasteiger partial charge is 0.493 e. The summed E-state index contributed by atoms with van der Waals surface area (Å²) in [6, 6.07) is 13.1. The Morgan fingerprint density at radius 3 is 2.55 bits per heavy atom. The molecule has 0 saturated carbocycles. The number of nitrogens with one attached hydrogen (secondary N) is 1. The molecule has 7 heteroatoms. The number of benzene rings is 2. The lowest BCUT2D eigenvalue weighted by Crippen LogP contribution is -2.30. The van der Waals surface area contributed by atoms with Gasteiger partial charge in [0, 0.05) is 30.7 Å². The monoisotopic (exact) mass is 396 g/mol. The van der Waals surface area contributed by atoms with E-state index in [-0.39, 0.29) is 12.5 Å². The zero-order valence-corrected chi connectivity index (χ0v) is 16.7. The van der Waals surface area contributed by atoms with Crippen molar-refractivity contribution >= 4 is 22.8 Å². The molecule has 3 rings (SSSR count). The van der Waals surface area contributed by atoms with Crippen LogP contribution in [0, 0.1) is 0 Å². The molecule has 2 aromatic carbocycles. The Kier molecular flexibility index (Phi) is 6.39. The minimum Gasteiger partial charge on any atom is -0.493 e. The number of methoxy groups -OCH3 is 2.